The molecule has 0 aliphatic rings. The standard InChI is InChI=1S/C12H14ClNS2/c1-2-14-11(7-9-3-5-15-8-9)12-10(13)4-6-16-12/h3-6,8,11,14H,2,7H2,1H3. The maximum Gasteiger partial charge on any atom is 0.0561 e. The van der Waals surface area contributed by atoms with Crippen molar-refractivity contribution in [3.63, 3.8) is 0 Å². The molecule has 0 radical (unpaired) electrons. The van der Waals surface area contributed by atoms with Gasteiger partial charge in [-0.2, -0.15) is 11.3 Å². The predicted molar refractivity (Wildman–Crippen MR) is 73.8 cm³/mol. The molecule has 86 valence electrons. The highest BCUT2D eigenvalue weighted by atomic mass is 35.5. The Kier molecular flexibility index (Phi) is 4.41. The van der Waals surface area contributed by atoms with Crippen molar-refractivity contribution >= 4 is 34.3 Å². The first-order valence-corrected chi connectivity index (χ1v) is 7.48. The van der Waals surface area contributed by atoms with Crippen LogP contribution in [0, 0.1) is 0 Å². The third-order valence-corrected chi connectivity index (χ3v) is 4.64. The molecule has 0 saturated carbocycles. The summed E-state index contributed by atoms with van der Waals surface area (Å²) in [6, 6.07) is 4.49. The molecule has 0 aliphatic carbocycles. The number of rotatable bonds is 5. The molecular weight excluding hydrogens is 258 g/mol. The molecule has 0 spiro atoms. The van der Waals surface area contributed by atoms with Crippen molar-refractivity contribution in [3.8, 4) is 0 Å². The smallest absolute Gasteiger partial charge is 0.0561 e. The fourth-order valence-corrected chi connectivity index (χ4v) is 3.65. The monoisotopic (exact) mass is 271 g/mol. The predicted octanol–water partition coefficient (Wildman–Crippen LogP) is 4.36. The van der Waals surface area contributed by atoms with Gasteiger partial charge in [-0.1, -0.05) is 18.5 Å². The molecular formula is C12H14ClNS2. The topological polar surface area (TPSA) is 12.0 Å². The van der Waals surface area contributed by atoms with Crippen LogP contribution in [-0.4, -0.2) is 6.54 Å². The lowest BCUT2D eigenvalue weighted by molar-refractivity contribution is 0.559. The lowest BCUT2D eigenvalue weighted by atomic mass is 10.1. The highest BCUT2D eigenvalue weighted by Crippen LogP contribution is 2.31. The van der Waals surface area contributed by atoms with Gasteiger partial charge in [-0.3, -0.25) is 0 Å². The Hall–Kier alpha value is -0.350. The molecule has 1 N–H and O–H groups in total. The Morgan fingerprint density at radius 2 is 2.25 bits per heavy atom. The first kappa shape index (κ1) is 12.1. The average molecular weight is 272 g/mol. The van der Waals surface area contributed by atoms with E-state index in [1.807, 2.05) is 6.07 Å². The third kappa shape index (κ3) is 2.86. The van der Waals surface area contributed by atoms with Crippen molar-refractivity contribution < 1.29 is 0 Å². The van der Waals surface area contributed by atoms with E-state index < -0.39 is 0 Å². The number of thiophene rings is 2. The minimum Gasteiger partial charge on any atom is -0.309 e. The molecule has 1 unspecified atom stereocenters. The third-order valence-electron chi connectivity index (χ3n) is 2.43. The summed E-state index contributed by atoms with van der Waals surface area (Å²) < 4.78 is 0. The normalized spacial score (nSPS) is 12.9. The van der Waals surface area contributed by atoms with Crippen molar-refractivity contribution in [3.05, 3.63) is 43.7 Å². The van der Waals surface area contributed by atoms with Crippen LogP contribution in [0.1, 0.15) is 23.4 Å². The summed E-state index contributed by atoms with van der Waals surface area (Å²) >= 11 is 9.66. The summed E-state index contributed by atoms with van der Waals surface area (Å²) in [4.78, 5) is 1.25. The zero-order valence-electron chi connectivity index (χ0n) is 9.07. The van der Waals surface area contributed by atoms with Crippen molar-refractivity contribution in [2.24, 2.45) is 0 Å². The number of hydrogen-bond donors (Lipinski definition) is 1. The summed E-state index contributed by atoms with van der Waals surface area (Å²) in [5, 5.41) is 10.7. The van der Waals surface area contributed by atoms with Crippen LogP contribution in [0.25, 0.3) is 0 Å². The molecule has 0 aromatic carbocycles. The van der Waals surface area contributed by atoms with Crippen LogP contribution in [0.4, 0.5) is 0 Å². The molecule has 0 aliphatic heterocycles. The van der Waals surface area contributed by atoms with Gasteiger partial charge in [0.2, 0.25) is 0 Å². The van der Waals surface area contributed by atoms with Crippen LogP contribution in [-0.2, 0) is 6.42 Å². The molecule has 2 aromatic rings. The minimum atomic E-state index is 0.340. The fraction of sp³-hybridized carbons (Fsp3) is 0.333. The van der Waals surface area contributed by atoms with Gasteiger partial charge < -0.3 is 5.32 Å². The first-order valence-electron chi connectivity index (χ1n) is 5.28. The van der Waals surface area contributed by atoms with Gasteiger partial charge in [0, 0.05) is 10.9 Å². The molecule has 0 fully saturated rings. The molecule has 2 aromatic heterocycles. The van der Waals surface area contributed by atoms with Crippen LogP contribution in [0.5, 0.6) is 0 Å². The van der Waals surface area contributed by atoms with E-state index in [0.717, 1.165) is 18.0 Å². The van der Waals surface area contributed by atoms with Crippen molar-refractivity contribution in [1.82, 2.24) is 5.32 Å². The van der Waals surface area contributed by atoms with Gasteiger partial charge in [0.25, 0.3) is 0 Å². The summed E-state index contributed by atoms with van der Waals surface area (Å²) in [7, 11) is 0. The van der Waals surface area contributed by atoms with Crippen LogP contribution in [0.3, 0.4) is 0 Å². The van der Waals surface area contributed by atoms with E-state index in [1.54, 1.807) is 22.7 Å². The van der Waals surface area contributed by atoms with Crippen molar-refractivity contribution in [1.29, 1.82) is 0 Å². The molecule has 2 heterocycles. The summed E-state index contributed by atoms with van der Waals surface area (Å²) in [6.07, 6.45) is 1.01. The summed E-state index contributed by atoms with van der Waals surface area (Å²) in [5.74, 6) is 0. The largest absolute Gasteiger partial charge is 0.309 e. The van der Waals surface area contributed by atoms with Crippen LogP contribution in [0.2, 0.25) is 5.02 Å². The SMILES string of the molecule is CCNC(Cc1ccsc1)c1sccc1Cl. The van der Waals surface area contributed by atoms with Gasteiger partial charge in [0.15, 0.2) is 0 Å². The summed E-state index contributed by atoms with van der Waals surface area (Å²) in [6.45, 7) is 3.09. The zero-order chi connectivity index (χ0) is 11.4. The minimum absolute atomic E-state index is 0.340. The molecule has 1 nitrogen and oxygen atoms in total. The second kappa shape index (κ2) is 5.82. The lowest BCUT2D eigenvalue weighted by Crippen LogP contribution is -2.22. The van der Waals surface area contributed by atoms with E-state index in [2.05, 4.69) is 34.4 Å². The average Bonchev–Trinajstić information content (AvgIpc) is 2.88. The van der Waals surface area contributed by atoms with Crippen LogP contribution < -0.4 is 5.32 Å². The molecule has 2 rings (SSSR count). The molecule has 0 bridgehead atoms. The van der Waals surface area contributed by atoms with Gasteiger partial charge >= 0.3 is 0 Å². The number of hydrogen-bond acceptors (Lipinski definition) is 3. The number of halogens is 1. The van der Waals surface area contributed by atoms with Gasteiger partial charge in [-0.15, -0.1) is 11.3 Å². The van der Waals surface area contributed by atoms with E-state index >= 15 is 0 Å². The van der Waals surface area contributed by atoms with E-state index in [4.69, 9.17) is 11.6 Å². The quantitative estimate of drug-likeness (QED) is 0.852. The molecule has 1 atom stereocenters. The number of nitrogens with one attached hydrogen (secondary N) is 1. The second-order valence-corrected chi connectivity index (χ2v) is 5.71. The Balaban J connectivity index is 2.14. The Bertz CT molecular complexity index is 422. The van der Waals surface area contributed by atoms with E-state index in [1.165, 1.54) is 10.4 Å². The highest BCUT2D eigenvalue weighted by molar-refractivity contribution is 7.10. The summed E-state index contributed by atoms with van der Waals surface area (Å²) in [5.41, 5.74) is 1.38. The van der Waals surface area contributed by atoms with E-state index in [9.17, 15) is 0 Å². The maximum atomic E-state index is 6.18. The zero-order valence-corrected chi connectivity index (χ0v) is 11.5. The van der Waals surface area contributed by atoms with Gasteiger partial charge in [0.05, 0.1) is 5.02 Å². The van der Waals surface area contributed by atoms with Crippen molar-refractivity contribution in [2.75, 3.05) is 6.54 Å². The Labute approximate surface area is 109 Å². The lowest BCUT2D eigenvalue weighted by Gasteiger charge is -2.16. The second-order valence-electron chi connectivity index (χ2n) is 3.58. The molecule has 4 heteroatoms. The highest BCUT2D eigenvalue weighted by Gasteiger charge is 2.15. The van der Waals surface area contributed by atoms with Crippen LogP contribution in [0.15, 0.2) is 28.3 Å². The molecule has 16 heavy (non-hydrogen) atoms. The van der Waals surface area contributed by atoms with Crippen LogP contribution >= 0.6 is 34.3 Å². The first-order chi connectivity index (χ1) is 7.81. The van der Waals surface area contributed by atoms with Gasteiger partial charge in [0.1, 0.15) is 0 Å². The van der Waals surface area contributed by atoms with E-state index in [0.29, 0.717) is 6.04 Å². The van der Waals surface area contributed by atoms with Gasteiger partial charge in [-0.05, 0) is 46.8 Å². The maximum absolute atomic E-state index is 6.18. The number of likely N-dealkylation sites (N-methyl/N-ethyl adjacent to an activating group) is 1. The fourth-order valence-electron chi connectivity index (χ4n) is 1.70. The Morgan fingerprint density at radius 1 is 1.38 bits per heavy atom. The Morgan fingerprint density at radius 3 is 2.81 bits per heavy atom. The van der Waals surface area contributed by atoms with E-state index in [-0.39, 0.29) is 0 Å². The van der Waals surface area contributed by atoms with Gasteiger partial charge in [-0.25, -0.2) is 0 Å². The molecule has 0 amide bonds. The molecule has 0 saturated heterocycles. The van der Waals surface area contributed by atoms with Crippen molar-refractivity contribution in [2.45, 2.75) is 19.4 Å².